The molecule has 38 heavy (non-hydrogen) atoms. The summed E-state index contributed by atoms with van der Waals surface area (Å²) in [5.74, 6) is -1.60. The van der Waals surface area contributed by atoms with Crippen LogP contribution in [-0.4, -0.2) is 35.1 Å². The van der Waals surface area contributed by atoms with E-state index in [0.29, 0.717) is 29.7 Å². The first-order valence-electron chi connectivity index (χ1n) is 11.4. The summed E-state index contributed by atoms with van der Waals surface area (Å²) in [6, 6.07) is 14.3. The Bertz CT molecular complexity index is 1420. The van der Waals surface area contributed by atoms with Gasteiger partial charge in [-0.2, -0.15) is 0 Å². The van der Waals surface area contributed by atoms with Crippen molar-refractivity contribution in [3.8, 4) is 11.5 Å². The second-order valence-electron chi connectivity index (χ2n) is 8.00. The van der Waals surface area contributed by atoms with E-state index in [1.807, 2.05) is 0 Å². The fourth-order valence-electron chi connectivity index (χ4n) is 3.51. The molecule has 3 amide bonds. The lowest BCUT2D eigenvalue weighted by Crippen LogP contribution is -2.36. The average Bonchev–Trinajstić information content (AvgIpc) is 3.12. The highest BCUT2D eigenvalue weighted by Crippen LogP contribution is 2.39. The summed E-state index contributed by atoms with van der Waals surface area (Å²) in [5.41, 5.74) is 1.41. The fourth-order valence-corrected chi connectivity index (χ4v) is 4.62. The largest absolute Gasteiger partial charge is 0.490 e. The van der Waals surface area contributed by atoms with Gasteiger partial charge < -0.3 is 14.8 Å². The molecule has 0 unspecified atom stereocenters. The van der Waals surface area contributed by atoms with Crippen LogP contribution in [-0.2, 0) is 16.2 Å². The summed E-state index contributed by atoms with van der Waals surface area (Å²) < 4.78 is 38.0. The molecule has 196 valence electrons. The third-order valence-corrected chi connectivity index (χ3v) is 6.40. The van der Waals surface area contributed by atoms with E-state index in [9.17, 15) is 23.2 Å². The molecule has 0 aliphatic carbocycles. The lowest BCUT2D eigenvalue weighted by atomic mass is 10.1. The van der Waals surface area contributed by atoms with Gasteiger partial charge in [0.05, 0.1) is 16.5 Å². The van der Waals surface area contributed by atoms with E-state index in [0.717, 1.165) is 16.5 Å². The lowest BCUT2D eigenvalue weighted by molar-refractivity contribution is -0.127. The minimum atomic E-state index is -0.653. The van der Waals surface area contributed by atoms with Crippen LogP contribution < -0.4 is 14.8 Å². The van der Waals surface area contributed by atoms with Crippen LogP contribution in [0.15, 0.2) is 65.6 Å². The standard InChI is InChI=1S/C27H21ClF2N2O5S/c1-2-36-22-11-17(10-21(28)25(22)37-15-16-6-8-18(29)9-7-16)12-23-26(34)32(27(35)38-23)14-24(33)31-20-5-3-4-19(30)13-20/h3-13H,2,14-15H2,1H3,(H,31,33)/b23-12+. The molecule has 0 atom stereocenters. The Kier molecular flexibility index (Phi) is 8.65. The highest BCUT2D eigenvalue weighted by Gasteiger charge is 2.36. The predicted molar refractivity (Wildman–Crippen MR) is 141 cm³/mol. The number of hydrogen-bond donors (Lipinski definition) is 1. The number of imide groups is 1. The molecule has 7 nitrogen and oxygen atoms in total. The van der Waals surface area contributed by atoms with Gasteiger partial charge in [-0.15, -0.1) is 0 Å². The number of rotatable bonds is 9. The van der Waals surface area contributed by atoms with Crippen molar-refractivity contribution < 1.29 is 32.6 Å². The number of carbonyl (C=O) groups excluding carboxylic acids is 3. The molecular weight excluding hydrogens is 538 g/mol. The summed E-state index contributed by atoms with van der Waals surface area (Å²) in [7, 11) is 0. The van der Waals surface area contributed by atoms with Crippen molar-refractivity contribution in [3.63, 3.8) is 0 Å². The van der Waals surface area contributed by atoms with Gasteiger partial charge in [0.15, 0.2) is 11.5 Å². The van der Waals surface area contributed by atoms with Crippen LogP contribution in [0.4, 0.5) is 19.3 Å². The summed E-state index contributed by atoms with van der Waals surface area (Å²) in [5, 5.41) is 2.04. The second-order valence-corrected chi connectivity index (χ2v) is 9.40. The molecule has 11 heteroatoms. The Morgan fingerprint density at radius 1 is 1.05 bits per heavy atom. The van der Waals surface area contributed by atoms with Gasteiger partial charge in [-0.05, 0) is 78.4 Å². The molecule has 3 aromatic carbocycles. The first-order valence-corrected chi connectivity index (χ1v) is 12.6. The Hall–Kier alpha value is -3.89. The minimum absolute atomic E-state index is 0.0899. The molecule has 1 aliphatic rings. The van der Waals surface area contributed by atoms with Crippen molar-refractivity contribution in [3.05, 3.63) is 93.4 Å². The average molecular weight is 559 g/mol. The zero-order valence-electron chi connectivity index (χ0n) is 20.0. The second kappa shape index (κ2) is 12.1. The van der Waals surface area contributed by atoms with Crippen LogP contribution in [0.3, 0.4) is 0 Å². The first-order chi connectivity index (χ1) is 18.2. The molecule has 0 spiro atoms. The summed E-state index contributed by atoms with van der Waals surface area (Å²) in [6.07, 6.45) is 1.47. The molecular formula is C27H21ClF2N2O5S. The van der Waals surface area contributed by atoms with Gasteiger partial charge in [-0.25, -0.2) is 8.78 Å². The van der Waals surface area contributed by atoms with Crippen molar-refractivity contribution >= 4 is 52.2 Å². The molecule has 1 N–H and O–H groups in total. The zero-order chi connectivity index (χ0) is 27.2. The maximum Gasteiger partial charge on any atom is 0.294 e. The molecule has 0 radical (unpaired) electrons. The van der Waals surface area contributed by atoms with Crippen molar-refractivity contribution in [1.29, 1.82) is 0 Å². The molecule has 0 bridgehead atoms. The normalized spacial score (nSPS) is 14.2. The molecule has 1 heterocycles. The number of benzene rings is 3. The molecule has 0 aromatic heterocycles. The number of carbonyl (C=O) groups is 3. The van der Waals surface area contributed by atoms with E-state index >= 15 is 0 Å². The monoisotopic (exact) mass is 558 g/mol. The number of hydrogen-bond acceptors (Lipinski definition) is 6. The predicted octanol–water partition coefficient (Wildman–Crippen LogP) is 6.27. The molecule has 4 rings (SSSR count). The topological polar surface area (TPSA) is 84.9 Å². The van der Waals surface area contributed by atoms with Gasteiger partial charge in [0.1, 0.15) is 24.8 Å². The first kappa shape index (κ1) is 27.2. The molecule has 3 aromatic rings. The number of nitrogens with one attached hydrogen (secondary N) is 1. The number of ether oxygens (including phenoxy) is 2. The molecule has 1 saturated heterocycles. The van der Waals surface area contributed by atoms with Crippen LogP contribution >= 0.6 is 23.4 Å². The van der Waals surface area contributed by atoms with E-state index in [1.165, 1.54) is 36.4 Å². The van der Waals surface area contributed by atoms with E-state index in [4.69, 9.17) is 21.1 Å². The number of nitrogens with zero attached hydrogens (tertiary/aromatic N) is 1. The highest BCUT2D eigenvalue weighted by atomic mass is 35.5. The maximum absolute atomic E-state index is 13.3. The van der Waals surface area contributed by atoms with E-state index in [-0.39, 0.29) is 33.8 Å². The number of anilines is 1. The van der Waals surface area contributed by atoms with Gasteiger partial charge in [0.25, 0.3) is 11.1 Å². The summed E-state index contributed by atoms with van der Waals surface area (Å²) in [6.45, 7) is 1.68. The van der Waals surface area contributed by atoms with Crippen LogP contribution in [0, 0.1) is 11.6 Å². The highest BCUT2D eigenvalue weighted by molar-refractivity contribution is 8.18. The van der Waals surface area contributed by atoms with Gasteiger partial charge >= 0.3 is 0 Å². The molecule has 1 aliphatic heterocycles. The van der Waals surface area contributed by atoms with Crippen LogP contribution in [0.1, 0.15) is 18.1 Å². The number of amides is 3. The fraction of sp³-hybridized carbons (Fsp3) is 0.148. The van der Waals surface area contributed by atoms with E-state index in [2.05, 4.69) is 5.32 Å². The van der Waals surface area contributed by atoms with Crippen molar-refractivity contribution in [1.82, 2.24) is 4.90 Å². The minimum Gasteiger partial charge on any atom is -0.490 e. The van der Waals surface area contributed by atoms with Gasteiger partial charge in [0, 0.05) is 5.69 Å². The van der Waals surface area contributed by atoms with E-state index < -0.39 is 29.4 Å². The lowest BCUT2D eigenvalue weighted by Gasteiger charge is -2.15. The van der Waals surface area contributed by atoms with Crippen molar-refractivity contribution in [2.45, 2.75) is 13.5 Å². The SMILES string of the molecule is CCOc1cc(/C=C2/SC(=O)N(CC(=O)Nc3cccc(F)c3)C2=O)cc(Cl)c1OCc1ccc(F)cc1. The van der Waals surface area contributed by atoms with Crippen molar-refractivity contribution in [2.75, 3.05) is 18.5 Å². The summed E-state index contributed by atoms with van der Waals surface area (Å²) >= 11 is 7.13. The summed E-state index contributed by atoms with van der Waals surface area (Å²) in [4.78, 5) is 38.6. The Balaban J connectivity index is 1.48. The third kappa shape index (κ3) is 6.70. The number of halogens is 3. The van der Waals surface area contributed by atoms with Gasteiger partial charge in [0.2, 0.25) is 5.91 Å². The smallest absolute Gasteiger partial charge is 0.294 e. The Labute approximate surface area is 226 Å². The van der Waals surface area contributed by atoms with E-state index in [1.54, 1.807) is 31.2 Å². The quantitative estimate of drug-likeness (QED) is 0.312. The zero-order valence-corrected chi connectivity index (χ0v) is 21.6. The van der Waals surface area contributed by atoms with Crippen LogP contribution in [0.5, 0.6) is 11.5 Å². The maximum atomic E-state index is 13.3. The molecule has 1 fully saturated rings. The van der Waals surface area contributed by atoms with Crippen LogP contribution in [0.25, 0.3) is 6.08 Å². The van der Waals surface area contributed by atoms with Crippen molar-refractivity contribution in [2.24, 2.45) is 0 Å². The molecule has 0 saturated carbocycles. The Morgan fingerprint density at radius 3 is 2.53 bits per heavy atom. The van der Waals surface area contributed by atoms with Gasteiger partial charge in [-0.1, -0.05) is 29.8 Å². The van der Waals surface area contributed by atoms with Crippen LogP contribution in [0.2, 0.25) is 5.02 Å². The Morgan fingerprint density at radius 2 is 1.82 bits per heavy atom. The third-order valence-electron chi connectivity index (χ3n) is 5.21. The van der Waals surface area contributed by atoms with Gasteiger partial charge in [-0.3, -0.25) is 19.3 Å². The number of thioether (sulfide) groups is 1.